The highest BCUT2D eigenvalue weighted by Crippen LogP contribution is 2.31. The van der Waals surface area contributed by atoms with Crippen molar-refractivity contribution in [2.75, 3.05) is 18.0 Å². The van der Waals surface area contributed by atoms with E-state index >= 15 is 0 Å². The minimum Gasteiger partial charge on any atom is -0.367 e. The highest BCUT2D eigenvalue weighted by atomic mass is 32.1. The molecular formula is C20H16F2N4O2S. The zero-order chi connectivity index (χ0) is 20.3. The lowest BCUT2D eigenvalue weighted by atomic mass is 10.1. The van der Waals surface area contributed by atoms with E-state index in [-0.39, 0.29) is 16.8 Å². The summed E-state index contributed by atoms with van der Waals surface area (Å²) in [6.45, 7) is 1.13. The van der Waals surface area contributed by atoms with E-state index in [4.69, 9.17) is 5.73 Å². The molecule has 5 rings (SSSR count). The van der Waals surface area contributed by atoms with Gasteiger partial charge in [-0.05, 0) is 54.4 Å². The van der Waals surface area contributed by atoms with Crippen molar-refractivity contribution in [2.45, 2.75) is 12.5 Å². The number of nitrogens with zero attached hydrogens (tertiary/aromatic N) is 2. The molecule has 1 aliphatic rings. The number of aromatic amines is 1. The molecule has 3 heterocycles. The molecule has 0 bridgehead atoms. The molecule has 1 atom stereocenters. The minimum atomic E-state index is -0.541. The highest BCUT2D eigenvalue weighted by Gasteiger charge is 2.24. The van der Waals surface area contributed by atoms with Crippen molar-refractivity contribution < 1.29 is 8.78 Å². The molecule has 1 aliphatic heterocycles. The molecule has 6 nitrogen and oxygen atoms in total. The number of nitrogens with two attached hydrogens (primary N) is 1. The van der Waals surface area contributed by atoms with E-state index in [1.807, 2.05) is 4.90 Å². The van der Waals surface area contributed by atoms with Crippen LogP contribution in [0.4, 0.5) is 14.5 Å². The smallest absolute Gasteiger partial charge is 0.271 e. The zero-order valence-corrected chi connectivity index (χ0v) is 15.9. The van der Waals surface area contributed by atoms with Crippen LogP contribution in [-0.2, 0) is 0 Å². The van der Waals surface area contributed by atoms with Crippen LogP contribution in [0.3, 0.4) is 0 Å². The molecule has 29 heavy (non-hydrogen) atoms. The topological polar surface area (TPSA) is 84.1 Å². The number of anilines is 1. The van der Waals surface area contributed by atoms with Crippen LogP contribution >= 0.6 is 11.5 Å². The monoisotopic (exact) mass is 414 g/mol. The third kappa shape index (κ3) is 2.77. The number of fused-ring (bicyclic) bond motifs is 2. The average Bonchev–Trinajstić information content (AvgIpc) is 3.29. The molecule has 0 saturated carbocycles. The molecule has 3 N–H and O–H groups in total. The van der Waals surface area contributed by atoms with Crippen molar-refractivity contribution in [3.05, 3.63) is 68.6 Å². The third-order valence-corrected chi connectivity index (χ3v) is 6.18. The SMILES string of the molecule is NC1CCN(c2cc3c(cc2F)c(=O)c2c(=O)[nH]sc2n3-c2ccc(F)cc2)C1. The Labute approximate surface area is 166 Å². The number of hydrogen-bond acceptors (Lipinski definition) is 5. The number of benzene rings is 2. The van der Waals surface area contributed by atoms with Crippen molar-refractivity contribution in [3.8, 4) is 5.69 Å². The van der Waals surface area contributed by atoms with Crippen molar-refractivity contribution in [3.63, 3.8) is 0 Å². The van der Waals surface area contributed by atoms with Gasteiger partial charge < -0.3 is 10.6 Å². The van der Waals surface area contributed by atoms with Gasteiger partial charge in [-0.25, -0.2) is 8.78 Å². The van der Waals surface area contributed by atoms with Gasteiger partial charge in [0.2, 0.25) is 5.43 Å². The molecular weight excluding hydrogens is 398 g/mol. The Kier molecular flexibility index (Phi) is 4.04. The predicted octanol–water partition coefficient (Wildman–Crippen LogP) is 2.71. The van der Waals surface area contributed by atoms with Crippen LogP contribution in [0.2, 0.25) is 0 Å². The number of hydrogen-bond donors (Lipinski definition) is 2. The van der Waals surface area contributed by atoms with E-state index in [9.17, 15) is 18.4 Å². The molecule has 9 heteroatoms. The summed E-state index contributed by atoms with van der Waals surface area (Å²) in [5, 5.41) is 0.0534. The van der Waals surface area contributed by atoms with Crippen LogP contribution in [0.25, 0.3) is 26.8 Å². The van der Waals surface area contributed by atoms with E-state index in [2.05, 4.69) is 4.37 Å². The fourth-order valence-electron chi connectivity index (χ4n) is 3.91. The Morgan fingerprint density at radius 2 is 1.90 bits per heavy atom. The van der Waals surface area contributed by atoms with Crippen LogP contribution in [0.1, 0.15) is 6.42 Å². The molecule has 0 spiro atoms. The molecule has 2 aromatic carbocycles. The number of halogens is 2. The summed E-state index contributed by atoms with van der Waals surface area (Å²) >= 11 is 1.02. The lowest BCUT2D eigenvalue weighted by Crippen LogP contribution is -2.27. The summed E-state index contributed by atoms with van der Waals surface area (Å²) in [5.74, 6) is -0.948. The molecule has 0 amide bonds. The number of rotatable bonds is 2. The quantitative estimate of drug-likeness (QED) is 0.528. The first-order valence-corrected chi connectivity index (χ1v) is 9.91. The van der Waals surface area contributed by atoms with Crippen LogP contribution in [0.15, 0.2) is 46.0 Å². The van der Waals surface area contributed by atoms with Gasteiger partial charge in [0, 0.05) is 24.8 Å². The van der Waals surface area contributed by atoms with E-state index in [1.54, 1.807) is 22.8 Å². The zero-order valence-electron chi connectivity index (χ0n) is 15.1. The first-order valence-electron chi connectivity index (χ1n) is 9.10. The van der Waals surface area contributed by atoms with Gasteiger partial charge in [0.05, 0.1) is 16.6 Å². The standard InChI is InChI=1S/C20H16F2N4O2S/c21-10-1-3-12(4-2-10)26-15-8-16(25-6-5-11(23)9-25)14(22)7-13(15)18(27)17-19(28)24-29-20(17)26/h1-4,7-8,11H,5-6,9,23H2,(H,24,28). The van der Waals surface area contributed by atoms with Gasteiger partial charge in [-0.2, -0.15) is 0 Å². The van der Waals surface area contributed by atoms with Gasteiger partial charge in [0.25, 0.3) is 5.56 Å². The van der Waals surface area contributed by atoms with Gasteiger partial charge in [-0.15, -0.1) is 0 Å². The Hall–Kier alpha value is -3.04. The van der Waals surface area contributed by atoms with Crippen LogP contribution in [-0.4, -0.2) is 28.1 Å². The summed E-state index contributed by atoms with van der Waals surface area (Å²) < 4.78 is 32.7. The minimum absolute atomic E-state index is 0.0397. The summed E-state index contributed by atoms with van der Waals surface area (Å²) in [4.78, 5) is 27.4. The maximum absolute atomic E-state index is 14.9. The lowest BCUT2D eigenvalue weighted by molar-refractivity contribution is 0.624. The van der Waals surface area contributed by atoms with E-state index in [0.29, 0.717) is 34.8 Å². The summed E-state index contributed by atoms with van der Waals surface area (Å²) in [7, 11) is 0. The van der Waals surface area contributed by atoms with E-state index < -0.39 is 22.6 Å². The summed E-state index contributed by atoms with van der Waals surface area (Å²) in [6.07, 6.45) is 0.751. The van der Waals surface area contributed by atoms with Crippen molar-refractivity contribution in [1.82, 2.24) is 8.94 Å². The molecule has 1 unspecified atom stereocenters. The normalized spacial score (nSPS) is 16.9. The first kappa shape index (κ1) is 18.0. The molecule has 2 aromatic heterocycles. The fourth-order valence-corrected chi connectivity index (χ4v) is 4.78. The maximum Gasteiger partial charge on any atom is 0.271 e. The Morgan fingerprint density at radius 3 is 2.59 bits per heavy atom. The van der Waals surface area contributed by atoms with E-state index in [0.717, 1.165) is 18.0 Å². The molecule has 1 saturated heterocycles. The molecule has 1 fully saturated rings. The number of nitrogens with one attached hydrogen (secondary N) is 1. The largest absolute Gasteiger partial charge is 0.367 e. The number of H-pyrrole nitrogens is 1. The van der Waals surface area contributed by atoms with Gasteiger partial charge in [0.1, 0.15) is 21.9 Å². The van der Waals surface area contributed by atoms with Crippen LogP contribution < -0.4 is 21.6 Å². The van der Waals surface area contributed by atoms with Crippen molar-refractivity contribution in [2.24, 2.45) is 5.73 Å². The third-order valence-electron chi connectivity index (χ3n) is 5.31. The van der Waals surface area contributed by atoms with Crippen LogP contribution in [0.5, 0.6) is 0 Å². The lowest BCUT2D eigenvalue weighted by Gasteiger charge is -2.21. The Morgan fingerprint density at radius 1 is 1.14 bits per heavy atom. The second-order valence-corrected chi connectivity index (χ2v) is 7.96. The second kappa shape index (κ2) is 6.50. The average molecular weight is 414 g/mol. The maximum atomic E-state index is 14.9. The molecule has 0 radical (unpaired) electrons. The van der Waals surface area contributed by atoms with Gasteiger partial charge >= 0.3 is 0 Å². The van der Waals surface area contributed by atoms with Crippen LogP contribution in [0, 0.1) is 11.6 Å². The molecule has 4 aromatic rings. The number of aromatic nitrogens is 2. The first-order chi connectivity index (χ1) is 13.9. The van der Waals surface area contributed by atoms with Crippen molar-refractivity contribution in [1.29, 1.82) is 0 Å². The molecule has 148 valence electrons. The van der Waals surface area contributed by atoms with Gasteiger partial charge in [0.15, 0.2) is 0 Å². The van der Waals surface area contributed by atoms with Gasteiger partial charge in [-0.3, -0.25) is 18.5 Å². The summed E-state index contributed by atoms with van der Waals surface area (Å²) in [6, 6.07) is 8.44. The second-order valence-electron chi connectivity index (χ2n) is 7.17. The summed E-state index contributed by atoms with van der Waals surface area (Å²) in [5.41, 5.74) is 6.27. The molecule has 0 aliphatic carbocycles. The fraction of sp³-hybridized carbons (Fsp3) is 0.200. The van der Waals surface area contributed by atoms with E-state index in [1.165, 1.54) is 18.2 Å². The number of pyridine rings is 1. The highest BCUT2D eigenvalue weighted by molar-refractivity contribution is 7.12. The Balaban J connectivity index is 1.90. The van der Waals surface area contributed by atoms with Crippen molar-refractivity contribution >= 4 is 38.3 Å². The van der Waals surface area contributed by atoms with Gasteiger partial charge in [-0.1, -0.05) is 0 Å². The Bertz CT molecular complexity index is 1370. The predicted molar refractivity (Wildman–Crippen MR) is 110 cm³/mol.